The third-order valence-electron chi connectivity index (χ3n) is 5.05. The molecule has 2 heterocycles. The van der Waals surface area contributed by atoms with E-state index >= 15 is 0 Å². The van der Waals surface area contributed by atoms with E-state index < -0.39 is 0 Å². The quantitative estimate of drug-likeness (QED) is 0.522. The summed E-state index contributed by atoms with van der Waals surface area (Å²) < 4.78 is 15.9. The average Bonchev–Trinajstić information content (AvgIpc) is 3.45. The number of rotatable bonds is 7. The molecule has 1 N–H and O–H groups in total. The van der Waals surface area contributed by atoms with Gasteiger partial charge in [0.25, 0.3) is 5.91 Å². The fourth-order valence-electron chi connectivity index (χ4n) is 3.42. The van der Waals surface area contributed by atoms with Crippen LogP contribution in [-0.4, -0.2) is 36.7 Å². The van der Waals surface area contributed by atoms with Crippen molar-refractivity contribution in [3.8, 4) is 11.5 Å². The lowest BCUT2D eigenvalue weighted by molar-refractivity contribution is -0.128. The predicted octanol–water partition coefficient (Wildman–Crippen LogP) is 4.98. The Kier molecular flexibility index (Phi) is 6.62. The minimum Gasteiger partial charge on any atom is -0.495 e. The molecule has 9 heteroatoms. The van der Waals surface area contributed by atoms with Gasteiger partial charge >= 0.3 is 0 Å². The zero-order valence-corrected chi connectivity index (χ0v) is 19.0. The molecule has 0 spiro atoms. The maximum absolute atomic E-state index is 12.8. The van der Waals surface area contributed by atoms with Crippen molar-refractivity contribution in [3.05, 3.63) is 76.7 Å². The summed E-state index contributed by atoms with van der Waals surface area (Å²) in [7, 11) is 3.00. The highest BCUT2D eigenvalue weighted by molar-refractivity contribution is 8.00. The lowest BCUT2D eigenvalue weighted by Gasteiger charge is -2.23. The number of nitrogens with one attached hydrogen (secondary N) is 1. The first-order chi connectivity index (χ1) is 15.5. The first-order valence-electron chi connectivity index (χ1n) is 9.76. The van der Waals surface area contributed by atoms with Crippen LogP contribution in [0.4, 0.5) is 5.69 Å². The van der Waals surface area contributed by atoms with Gasteiger partial charge in [0, 0.05) is 17.7 Å². The van der Waals surface area contributed by atoms with Crippen molar-refractivity contribution < 1.29 is 23.5 Å². The van der Waals surface area contributed by atoms with Crippen LogP contribution in [0.3, 0.4) is 0 Å². The van der Waals surface area contributed by atoms with Gasteiger partial charge in [-0.15, -0.1) is 11.8 Å². The Morgan fingerprint density at radius 3 is 2.59 bits per heavy atom. The van der Waals surface area contributed by atoms with E-state index in [9.17, 15) is 9.59 Å². The van der Waals surface area contributed by atoms with Crippen molar-refractivity contribution in [1.29, 1.82) is 0 Å². The van der Waals surface area contributed by atoms with Crippen molar-refractivity contribution in [2.45, 2.75) is 11.9 Å². The van der Waals surface area contributed by atoms with Gasteiger partial charge in [-0.05, 0) is 29.8 Å². The van der Waals surface area contributed by atoms with Gasteiger partial charge in [-0.25, -0.2) is 0 Å². The van der Waals surface area contributed by atoms with E-state index in [2.05, 4.69) is 5.32 Å². The van der Waals surface area contributed by atoms with E-state index in [1.807, 2.05) is 18.2 Å². The van der Waals surface area contributed by atoms with Crippen LogP contribution >= 0.6 is 23.4 Å². The van der Waals surface area contributed by atoms with Gasteiger partial charge in [0.15, 0.2) is 0 Å². The number of anilines is 1. The van der Waals surface area contributed by atoms with E-state index in [-0.39, 0.29) is 17.2 Å². The third kappa shape index (κ3) is 4.56. The third-order valence-corrected chi connectivity index (χ3v) is 6.61. The Labute approximate surface area is 194 Å². The van der Waals surface area contributed by atoms with E-state index in [1.165, 1.54) is 14.2 Å². The Hall–Kier alpha value is -3.10. The van der Waals surface area contributed by atoms with Gasteiger partial charge in [0.05, 0.1) is 43.5 Å². The molecule has 0 radical (unpaired) electrons. The molecule has 1 aromatic heterocycles. The zero-order chi connectivity index (χ0) is 22.7. The molecule has 1 aliphatic heterocycles. The first kappa shape index (κ1) is 22.1. The van der Waals surface area contributed by atoms with Crippen molar-refractivity contribution in [3.63, 3.8) is 0 Å². The van der Waals surface area contributed by atoms with Crippen LogP contribution in [0.25, 0.3) is 0 Å². The minimum atomic E-state index is -0.304. The Balaban J connectivity index is 1.50. The van der Waals surface area contributed by atoms with Crippen LogP contribution in [0.1, 0.15) is 27.1 Å². The lowest BCUT2D eigenvalue weighted by Crippen LogP contribution is -2.27. The van der Waals surface area contributed by atoms with Gasteiger partial charge in [-0.2, -0.15) is 0 Å². The topological polar surface area (TPSA) is 81.0 Å². The van der Waals surface area contributed by atoms with E-state index in [1.54, 1.807) is 53.3 Å². The molecule has 32 heavy (non-hydrogen) atoms. The van der Waals surface area contributed by atoms with Crippen molar-refractivity contribution in [2.24, 2.45) is 0 Å². The fourth-order valence-corrected chi connectivity index (χ4v) is 4.84. The number of furan rings is 1. The van der Waals surface area contributed by atoms with Gasteiger partial charge < -0.3 is 24.1 Å². The zero-order valence-electron chi connectivity index (χ0n) is 17.5. The molecule has 166 valence electrons. The molecule has 1 saturated heterocycles. The SMILES string of the molecule is COc1cc(NC(=O)c2ccc([C@@H]3SCC(=O)N3Cc3ccco3)cc2)c(OC)cc1Cl. The summed E-state index contributed by atoms with van der Waals surface area (Å²) in [6.45, 7) is 0.407. The second-order valence-corrected chi connectivity index (χ2v) is 8.50. The van der Waals surface area contributed by atoms with Gasteiger partial charge in [0.2, 0.25) is 5.91 Å². The van der Waals surface area contributed by atoms with Crippen molar-refractivity contribution in [1.82, 2.24) is 4.90 Å². The summed E-state index contributed by atoms with van der Waals surface area (Å²) in [4.78, 5) is 27.0. The highest BCUT2D eigenvalue weighted by atomic mass is 35.5. The van der Waals surface area contributed by atoms with Crippen molar-refractivity contribution >= 4 is 40.9 Å². The molecule has 7 nitrogen and oxygen atoms in total. The normalized spacial score (nSPS) is 15.7. The van der Waals surface area contributed by atoms with Crippen LogP contribution in [-0.2, 0) is 11.3 Å². The predicted molar refractivity (Wildman–Crippen MR) is 123 cm³/mol. The van der Waals surface area contributed by atoms with Gasteiger partial charge in [-0.3, -0.25) is 9.59 Å². The molecule has 2 aromatic carbocycles. The molecule has 3 aromatic rings. The Morgan fingerprint density at radius 2 is 1.94 bits per heavy atom. The van der Waals surface area contributed by atoms with Gasteiger partial charge in [0.1, 0.15) is 22.6 Å². The molecule has 4 rings (SSSR count). The second kappa shape index (κ2) is 9.58. The highest BCUT2D eigenvalue weighted by Gasteiger charge is 2.33. The number of carbonyl (C=O) groups excluding carboxylic acids is 2. The number of amides is 2. The number of nitrogens with zero attached hydrogens (tertiary/aromatic N) is 1. The monoisotopic (exact) mass is 472 g/mol. The van der Waals surface area contributed by atoms with Crippen molar-refractivity contribution in [2.75, 3.05) is 25.3 Å². The molecular weight excluding hydrogens is 452 g/mol. The van der Waals surface area contributed by atoms with Crippen LogP contribution < -0.4 is 14.8 Å². The number of ether oxygens (including phenoxy) is 2. The number of hydrogen-bond acceptors (Lipinski definition) is 6. The van der Waals surface area contributed by atoms with Crippen LogP contribution in [0.2, 0.25) is 5.02 Å². The molecule has 0 saturated carbocycles. The van der Waals surface area contributed by atoms with Crippen LogP contribution in [0.15, 0.2) is 59.2 Å². The van der Waals surface area contributed by atoms with Gasteiger partial charge in [-0.1, -0.05) is 23.7 Å². The Morgan fingerprint density at radius 1 is 1.19 bits per heavy atom. The molecule has 0 unspecified atom stereocenters. The summed E-state index contributed by atoms with van der Waals surface area (Å²) in [5.41, 5.74) is 1.86. The maximum atomic E-state index is 12.8. The van der Waals surface area contributed by atoms with Crippen LogP contribution in [0.5, 0.6) is 11.5 Å². The summed E-state index contributed by atoms with van der Waals surface area (Å²) in [6, 6.07) is 14.0. The number of halogens is 1. The number of benzene rings is 2. The number of hydrogen-bond donors (Lipinski definition) is 1. The molecule has 1 aliphatic rings. The number of carbonyl (C=O) groups is 2. The highest BCUT2D eigenvalue weighted by Crippen LogP contribution is 2.40. The van der Waals surface area contributed by atoms with Crippen LogP contribution in [0, 0.1) is 0 Å². The summed E-state index contributed by atoms with van der Waals surface area (Å²) in [5, 5.41) is 3.08. The maximum Gasteiger partial charge on any atom is 0.255 e. The standard InChI is InChI=1S/C23H21ClN2O5S/c1-29-19-11-18(20(30-2)10-17(19)24)25-22(28)14-5-7-15(8-6-14)23-26(21(27)13-32-23)12-16-4-3-9-31-16/h3-11,23H,12-13H2,1-2H3,(H,25,28)/t23-/m0/s1. The lowest BCUT2D eigenvalue weighted by atomic mass is 10.1. The molecule has 0 aliphatic carbocycles. The summed E-state index contributed by atoms with van der Waals surface area (Å²) >= 11 is 7.68. The average molecular weight is 473 g/mol. The molecular formula is C23H21ClN2O5S. The summed E-state index contributed by atoms with van der Waals surface area (Å²) in [5.74, 6) is 1.75. The first-order valence-corrected chi connectivity index (χ1v) is 11.2. The fraction of sp³-hybridized carbons (Fsp3) is 0.217. The molecule has 1 atom stereocenters. The molecule has 1 fully saturated rings. The smallest absolute Gasteiger partial charge is 0.255 e. The van der Waals surface area contributed by atoms with E-state index in [4.69, 9.17) is 25.5 Å². The van der Waals surface area contributed by atoms with E-state index in [0.29, 0.717) is 40.1 Å². The second-order valence-electron chi connectivity index (χ2n) is 7.03. The largest absolute Gasteiger partial charge is 0.495 e. The Bertz CT molecular complexity index is 1120. The number of thioether (sulfide) groups is 1. The van der Waals surface area contributed by atoms with E-state index in [0.717, 1.165) is 11.3 Å². The summed E-state index contributed by atoms with van der Waals surface area (Å²) in [6.07, 6.45) is 1.59. The molecule has 2 amide bonds. The molecule has 0 bridgehead atoms. The minimum absolute atomic E-state index is 0.0574. The number of methoxy groups -OCH3 is 2.